The number of alkyl halides is 3. The van der Waals surface area contributed by atoms with Crippen LogP contribution in [0.4, 0.5) is 18.9 Å². The molecule has 1 aliphatic heterocycles. The third-order valence-corrected chi connectivity index (χ3v) is 6.91. The number of hydrogen-bond donors (Lipinski definition) is 2. The summed E-state index contributed by atoms with van der Waals surface area (Å²) in [5, 5.41) is 2.24. The van der Waals surface area contributed by atoms with Gasteiger partial charge in [-0.1, -0.05) is 12.1 Å². The van der Waals surface area contributed by atoms with Gasteiger partial charge in [0.15, 0.2) is 0 Å². The molecule has 1 fully saturated rings. The Morgan fingerprint density at radius 1 is 1.14 bits per heavy atom. The molecule has 2 N–H and O–H groups in total. The second-order valence-electron chi connectivity index (χ2n) is 6.69. The maximum atomic E-state index is 13.1. The zero-order valence-corrected chi connectivity index (χ0v) is 16.2. The van der Waals surface area contributed by atoms with Crippen molar-refractivity contribution >= 4 is 21.6 Å². The van der Waals surface area contributed by atoms with Crippen molar-refractivity contribution in [1.82, 2.24) is 9.29 Å². The number of nitrogens with one attached hydrogen (secondary N) is 2. The molecule has 2 aromatic rings. The summed E-state index contributed by atoms with van der Waals surface area (Å²) in [6, 6.07) is 4.61. The first-order valence-electron chi connectivity index (χ1n) is 8.70. The monoisotopic (exact) mass is 415 g/mol. The van der Waals surface area contributed by atoms with Crippen LogP contribution in [0.2, 0.25) is 0 Å². The molecule has 152 valence electrons. The number of hydrogen-bond acceptors (Lipinski definition) is 3. The lowest BCUT2D eigenvalue weighted by molar-refractivity contribution is -0.136. The highest BCUT2D eigenvalue weighted by atomic mass is 32.2. The normalized spacial score (nSPS) is 15.8. The van der Waals surface area contributed by atoms with E-state index in [1.165, 1.54) is 30.3 Å². The number of sulfonamides is 1. The van der Waals surface area contributed by atoms with Crippen molar-refractivity contribution in [1.29, 1.82) is 0 Å². The second kappa shape index (κ2) is 7.25. The minimum Gasteiger partial charge on any atom is -0.353 e. The molecule has 0 aliphatic carbocycles. The van der Waals surface area contributed by atoms with Crippen molar-refractivity contribution in [3.05, 3.63) is 46.8 Å². The Hall–Kier alpha value is -2.33. The van der Waals surface area contributed by atoms with Crippen LogP contribution >= 0.6 is 0 Å². The van der Waals surface area contributed by atoms with Crippen molar-refractivity contribution in [2.24, 2.45) is 0 Å². The highest BCUT2D eigenvalue weighted by Crippen LogP contribution is 2.35. The third-order valence-electron chi connectivity index (χ3n) is 4.74. The Morgan fingerprint density at radius 2 is 1.75 bits per heavy atom. The van der Waals surface area contributed by atoms with Crippen LogP contribution in [0.1, 0.15) is 40.2 Å². The lowest BCUT2D eigenvalue weighted by Gasteiger charge is -2.16. The minimum absolute atomic E-state index is 0.00339. The molecule has 28 heavy (non-hydrogen) atoms. The summed E-state index contributed by atoms with van der Waals surface area (Å²) in [6.45, 7) is 3.81. The first-order valence-corrected chi connectivity index (χ1v) is 10.1. The van der Waals surface area contributed by atoms with Crippen LogP contribution in [0.5, 0.6) is 0 Å². The maximum absolute atomic E-state index is 13.1. The van der Waals surface area contributed by atoms with E-state index in [9.17, 15) is 26.4 Å². The smallest absolute Gasteiger partial charge is 0.353 e. The van der Waals surface area contributed by atoms with Gasteiger partial charge < -0.3 is 10.3 Å². The van der Waals surface area contributed by atoms with E-state index in [-0.39, 0.29) is 21.8 Å². The van der Waals surface area contributed by atoms with E-state index in [1.807, 2.05) is 0 Å². The van der Waals surface area contributed by atoms with Gasteiger partial charge in [0.25, 0.3) is 5.91 Å². The van der Waals surface area contributed by atoms with Gasteiger partial charge in [-0.25, -0.2) is 8.42 Å². The van der Waals surface area contributed by atoms with Crippen molar-refractivity contribution in [2.45, 2.75) is 37.8 Å². The number of aromatic nitrogens is 1. The van der Waals surface area contributed by atoms with Gasteiger partial charge in [0, 0.05) is 18.8 Å². The number of H-pyrrole nitrogens is 1. The highest BCUT2D eigenvalue weighted by Gasteiger charge is 2.35. The molecular formula is C18H20F3N3O3S. The Kier molecular flexibility index (Phi) is 5.28. The van der Waals surface area contributed by atoms with Crippen molar-refractivity contribution in [3.63, 3.8) is 0 Å². The van der Waals surface area contributed by atoms with E-state index >= 15 is 0 Å². The number of halogens is 3. The minimum atomic E-state index is -4.63. The van der Waals surface area contributed by atoms with Crippen LogP contribution in [-0.2, 0) is 16.2 Å². The van der Waals surface area contributed by atoms with Gasteiger partial charge >= 0.3 is 6.18 Å². The molecule has 1 aromatic heterocycles. The number of amides is 1. The molecule has 1 saturated heterocycles. The molecule has 10 heteroatoms. The van der Waals surface area contributed by atoms with Crippen LogP contribution in [0.15, 0.2) is 29.2 Å². The molecule has 6 nitrogen and oxygen atoms in total. The second-order valence-corrected chi connectivity index (χ2v) is 8.56. The Labute approximate surface area is 160 Å². The van der Waals surface area contributed by atoms with Crippen molar-refractivity contribution < 1.29 is 26.4 Å². The van der Waals surface area contributed by atoms with Crippen LogP contribution in [0.25, 0.3) is 0 Å². The van der Waals surface area contributed by atoms with Gasteiger partial charge in [-0.05, 0) is 44.4 Å². The topological polar surface area (TPSA) is 82.3 Å². The lowest BCUT2D eigenvalue weighted by atomic mass is 10.1. The van der Waals surface area contributed by atoms with E-state index < -0.39 is 33.4 Å². The Morgan fingerprint density at radius 3 is 2.36 bits per heavy atom. The Bertz CT molecular complexity index is 1010. The zero-order valence-electron chi connectivity index (χ0n) is 15.4. The van der Waals surface area contributed by atoms with Gasteiger partial charge in [-0.3, -0.25) is 4.79 Å². The molecule has 0 spiro atoms. The molecule has 1 amide bonds. The fourth-order valence-corrected chi connectivity index (χ4v) is 5.35. The van der Waals surface area contributed by atoms with E-state index in [1.54, 1.807) is 0 Å². The first kappa shape index (κ1) is 20.4. The largest absolute Gasteiger partial charge is 0.418 e. The predicted molar refractivity (Wildman–Crippen MR) is 97.7 cm³/mol. The summed E-state index contributed by atoms with van der Waals surface area (Å²) in [5.74, 6) is -0.833. The van der Waals surface area contributed by atoms with E-state index in [4.69, 9.17) is 0 Å². The number of aryl methyl sites for hydroxylation is 1. The summed E-state index contributed by atoms with van der Waals surface area (Å²) in [5.41, 5.74) is -0.984. The average Bonchev–Trinajstić information content (AvgIpc) is 3.23. The van der Waals surface area contributed by atoms with E-state index in [2.05, 4.69) is 10.3 Å². The van der Waals surface area contributed by atoms with Gasteiger partial charge in [0.1, 0.15) is 10.6 Å². The van der Waals surface area contributed by atoms with Crippen LogP contribution in [0, 0.1) is 13.8 Å². The number of para-hydroxylation sites is 1. The molecule has 0 atom stereocenters. The summed E-state index contributed by atoms with van der Waals surface area (Å²) in [7, 11) is -3.77. The number of anilines is 1. The molecular weight excluding hydrogens is 395 g/mol. The van der Waals surface area contributed by atoms with Crippen LogP contribution in [-0.4, -0.2) is 36.7 Å². The van der Waals surface area contributed by atoms with Crippen molar-refractivity contribution in [2.75, 3.05) is 18.4 Å². The molecule has 0 saturated carbocycles. The molecule has 0 radical (unpaired) electrons. The van der Waals surface area contributed by atoms with Crippen LogP contribution in [0.3, 0.4) is 0 Å². The lowest BCUT2D eigenvalue weighted by Crippen LogP contribution is -2.28. The standard InChI is InChI=1S/C18H20F3N3O3S/c1-11-15(17(25)23-14-8-4-3-7-13(14)18(19,20)21)22-12(2)16(11)28(26,27)24-9-5-6-10-24/h3-4,7-8,22H,5-6,9-10H2,1-2H3,(H,23,25). The summed E-state index contributed by atoms with van der Waals surface area (Å²) in [6.07, 6.45) is -3.10. The summed E-state index contributed by atoms with van der Waals surface area (Å²) >= 11 is 0. The summed E-state index contributed by atoms with van der Waals surface area (Å²) in [4.78, 5) is 15.3. The molecule has 0 unspecified atom stereocenters. The first-order chi connectivity index (χ1) is 13.0. The third kappa shape index (κ3) is 3.66. The molecule has 0 bridgehead atoms. The highest BCUT2D eigenvalue weighted by molar-refractivity contribution is 7.89. The van der Waals surface area contributed by atoms with E-state index in [0.717, 1.165) is 25.0 Å². The number of aromatic amines is 1. The number of carbonyl (C=O) groups excluding carboxylic acids is 1. The SMILES string of the molecule is Cc1[nH]c(C(=O)Nc2ccccc2C(F)(F)F)c(C)c1S(=O)(=O)N1CCCC1. The number of benzene rings is 1. The quantitative estimate of drug-likeness (QED) is 0.799. The summed E-state index contributed by atoms with van der Waals surface area (Å²) < 4.78 is 66.5. The van der Waals surface area contributed by atoms with Crippen molar-refractivity contribution in [3.8, 4) is 0 Å². The predicted octanol–water partition coefficient (Wildman–Crippen LogP) is 3.69. The average molecular weight is 415 g/mol. The maximum Gasteiger partial charge on any atom is 0.418 e. The molecule has 3 rings (SSSR count). The fourth-order valence-electron chi connectivity index (χ4n) is 3.43. The van der Waals surface area contributed by atoms with Gasteiger partial charge in [-0.2, -0.15) is 17.5 Å². The molecule has 1 aliphatic rings. The van der Waals surface area contributed by atoms with E-state index in [0.29, 0.717) is 13.1 Å². The number of rotatable bonds is 4. The molecule has 2 heterocycles. The number of nitrogens with zero attached hydrogens (tertiary/aromatic N) is 1. The van der Waals surface area contributed by atoms with Gasteiger partial charge in [0.2, 0.25) is 10.0 Å². The molecule has 1 aromatic carbocycles. The van der Waals surface area contributed by atoms with Gasteiger partial charge in [0.05, 0.1) is 11.3 Å². The number of carbonyl (C=O) groups is 1. The zero-order chi connectivity index (χ0) is 20.7. The fraction of sp³-hybridized carbons (Fsp3) is 0.389. The van der Waals surface area contributed by atoms with Crippen LogP contribution < -0.4 is 5.32 Å². The van der Waals surface area contributed by atoms with Gasteiger partial charge in [-0.15, -0.1) is 0 Å². The Balaban J connectivity index is 1.95.